The van der Waals surface area contributed by atoms with Crippen LogP contribution in [0.3, 0.4) is 0 Å². The van der Waals surface area contributed by atoms with Crippen molar-refractivity contribution in [2.45, 2.75) is 32.9 Å². The minimum absolute atomic E-state index is 0.0660. The second-order valence-corrected chi connectivity index (χ2v) is 7.74. The zero-order valence-electron chi connectivity index (χ0n) is 11.5. The van der Waals surface area contributed by atoms with Gasteiger partial charge in [-0.1, -0.05) is 11.3 Å². The molecule has 0 saturated carbocycles. The smallest absolute Gasteiger partial charge is 0.189 e. The molecule has 2 aromatic heterocycles. The number of nitrogens with one attached hydrogen (secondary N) is 2. The average Bonchev–Trinajstić information content (AvgIpc) is 2.75. The van der Waals surface area contributed by atoms with Gasteiger partial charge in [0.15, 0.2) is 16.8 Å². The van der Waals surface area contributed by atoms with Crippen molar-refractivity contribution < 1.29 is 4.39 Å². The highest BCUT2D eigenvalue weighted by atomic mass is 79.9. The molecule has 0 aromatic carbocycles. The lowest BCUT2D eigenvalue weighted by atomic mass is 10.1. The molecule has 0 bridgehead atoms. The van der Waals surface area contributed by atoms with Gasteiger partial charge in [0.25, 0.3) is 0 Å². The molecule has 0 saturated heterocycles. The van der Waals surface area contributed by atoms with E-state index in [9.17, 15) is 4.39 Å². The van der Waals surface area contributed by atoms with Crippen LogP contribution in [-0.4, -0.2) is 15.5 Å². The predicted molar refractivity (Wildman–Crippen MR) is 83.9 cm³/mol. The fraction of sp³-hybridized carbons (Fsp3) is 0.385. The number of pyridine rings is 1. The molecule has 2 rings (SSSR count). The van der Waals surface area contributed by atoms with Crippen LogP contribution in [0.25, 0.3) is 0 Å². The van der Waals surface area contributed by atoms with Crippen LogP contribution in [0.5, 0.6) is 0 Å². The summed E-state index contributed by atoms with van der Waals surface area (Å²) in [6, 6.07) is 1.68. The van der Waals surface area contributed by atoms with Crippen LogP contribution in [0.15, 0.2) is 22.2 Å². The van der Waals surface area contributed by atoms with Crippen molar-refractivity contribution in [2.24, 2.45) is 0 Å². The van der Waals surface area contributed by atoms with Crippen LogP contribution in [0.4, 0.5) is 15.3 Å². The highest BCUT2D eigenvalue weighted by Gasteiger charge is 2.14. The second kappa shape index (κ2) is 6.15. The lowest BCUT2D eigenvalue weighted by Crippen LogP contribution is -2.35. The third kappa shape index (κ3) is 4.22. The van der Waals surface area contributed by atoms with E-state index in [1.165, 1.54) is 11.3 Å². The van der Waals surface area contributed by atoms with Crippen LogP contribution in [0.1, 0.15) is 26.3 Å². The van der Waals surface area contributed by atoms with Gasteiger partial charge in [0, 0.05) is 23.8 Å². The van der Waals surface area contributed by atoms with Gasteiger partial charge in [0.1, 0.15) is 0 Å². The van der Waals surface area contributed by atoms with Gasteiger partial charge in [0.05, 0.1) is 9.98 Å². The molecule has 0 amide bonds. The van der Waals surface area contributed by atoms with Crippen molar-refractivity contribution >= 4 is 38.2 Å². The van der Waals surface area contributed by atoms with Gasteiger partial charge >= 0.3 is 0 Å². The van der Waals surface area contributed by atoms with E-state index in [2.05, 4.69) is 36.5 Å². The van der Waals surface area contributed by atoms with Crippen molar-refractivity contribution in [3.63, 3.8) is 0 Å². The van der Waals surface area contributed by atoms with E-state index in [1.807, 2.05) is 20.8 Å². The largest absolute Gasteiger partial charge is 0.314 e. The van der Waals surface area contributed by atoms with Crippen LogP contribution in [0.2, 0.25) is 0 Å². The molecule has 0 aliphatic rings. The number of anilines is 2. The Morgan fingerprint density at radius 3 is 2.70 bits per heavy atom. The van der Waals surface area contributed by atoms with Crippen molar-refractivity contribution in [1.29, 1.82) is 0 Å². The van der Waals surface area contributed by atoms with Gasteiger partial charge in [-0.05, 0) is 42.8 Å². The van der Waals surface area contributed by atoms with E-state index in [0.717, 1.165) is 3.79 Å². The molecule has 2 N–H and O–H groups in total. The molecule has 108 valence electrons. The maximum Gasteiger partial charge on any atom is 0.189 e. The Morgan fingerprint density at radius 2 is 2.10 bits per heavy atom. The van der Waals surface area contributed by atoms with E-state index in [4.69, 9.17) is 0 Å². The van der Waals surface area contributed by atoms with Gasteiger partial charge in [-0.25, -0.2) is 14.4 Å². The van der Waals surface area contributed by atoms with Crippen molar-refractivity contribution in [3.05, 3.63) is 33.6 Å². The lowest BCUT2D eigenvalue weighted by Gasteiger charge is -2.21. The van der Waals surface area contributed by atoms with Crippen molar-refractivity contribution in [1.82, 2.24) is 15.3 Å². The monoisotopic (exact) mass is 358 g/mol. The highest BCUT2D eigenvalue weighted by molar-refractivity contribution is 9.11. The summed E-state index contributed by atoms with van der Waals surface area (Å²) < 4.78 is 15.2. The minimum atomic E-state index is -0.351. The van der Waals surface area contributed by atoms with Crippen molar-refractivity contribution in [2.75, 3.05) is 5.32 Å². The van der Waals surface area contributed by atoms with E-state index < -0.39 is 0 Å². The average molecular weight is 359 g/mol. The summed E-state index contributed by atoms with van der Waals surface area (Å²) in [5.74, 6) is -0.157. The molecule has 0 spiro atoms. The maximum absolute atomic E-state index is 14.3. The molecular formula is C13H16BrFN4S. The zero-order chi connectivity index (χ0) is 14.8. The fourth-order valence-corrected chi connectivity index (χ4v) is 2.59. The highest BCUT2D eigenvalue weighted by Crippen LogP contribution is 2.27. The number of rotatable bonds is 4. The third-order valence-corrected chi connectivity index (χ3v) is 3.87. The Bertz CT molecular complexity index is 594. The molecule has 0 radical (unpaired) electrons. The number of aromatic nitrogens is 2. The third-order valence-electron chi connectivity index (χ3n) is 2.48. The van der Waals surface area contributed by atoms with Crippen LogP contribution >= 0.6 is 27.3 Å². The van der Waals surface area contributed by atoms with Crippen LogP contribution in [-0.2, 0) is 6.54 Å². The summed E-state index contributed by atoms with van der Waals surface area (Å²) in [5.41, 5.74) is 0.511. The van der Waals surface area contributed by atoms with Crippen molar-refractivity contribution in [3.8, 4) is 0 Å². The molecule has 0 fully saturated rings. The van der Waals surface area contributed by atoms with E-state index in [0.29, 0.717) is 17.2 Å². The molecular weight excluding hydrogens is 343 g/mol. The minimum Gasteiger partial charge on any atom is -0.314 e. The number of hydrogen-bond donors (Lipinski definition) is 2. The maximum atomic E-state index is 14.3. The first kappa shape index (κ1) is 15.3. The Hall–Kier alpha value is -1.05. The molecule has 2 heterocycles. The first-order chi connectivity index (χ1) is 9.35. The van der Waals surface area contributed by atoms with Gasteiger partial charge in [-0.3, -0.25) is 0 Å². The van der Waals surface area contributed by atoms with Gasteiger partial charge in [-0.2, -0.15) is 0 Å². The number of nitrogens with zero attached hydrogens (tertiary/aromatic N) is 2. The summed E-state index contributed by atoms with van der Waals surface area (Å²) in [5, 5.41) is 6.75. The molecule has 0 unspecified atom stereocenters. The molecule has 20 heavy (non-hydrogen) atoms. The predicted octanol–water partition coefficient (Wildman–Crippen LogP) is 4.07. The summed E-state index contributed by atoms with van der Waals surface area (Å²) in [4.78, 5) is 8.13. The Labute approximate surface area is 130 Å². The van der Waals surface area contributed by atoms with Gasteiger partial charge < -0.3 is 10.6 Å². The SMILES string of the molecule is CC(C)(C)NCc1ccnc(Nc2ncc(Br)s2)c1F. The van der Waals surface area contributed by atoms with E-state index in [1.54, 1.807) is 18.5 Å². The van der Waals surface area contributed by atoms with E-state index in [-0.39, 0.29) is 17.2 Å². The summed E-state index contributed by atoms with van der Waals surface area (Å²) in [7, 11) is 0. The number of halogens is 2. The number of thiazole rings is 1. The van der Waals surface area contributed by atoms with Crippen LogP contribution in [0, 0.1) is 5.82 Å². The normalized spacial score (nSPS) is 11.7. The summed E-state index contributed by atoms with van der Waals surface area (Å²) >= 11 is 4.70. The molecule has 0 aliphatic carbocycles. The van der Waals surface area contributed by atoms with Gasteiger partial charge in [0.2, 0.25) is 0 Å². The Morgan fingerprint density at radius 1 is 1.35 bits per heavy atom. The standard InChI is InChI=1S/C13H16BrFN4S/c1-13(2,3)18-6-8-4-5-16-11(10(8)15)19-12-17-7-9(14)20-12/h4-5,7,18H,6H2,1-3H3,(H,16,17,19). The molecule has 0 aliphatic heterocycles. The van der Waals surface area contributed by atoms with Gasteiger partial charge in [-0.15, -0.1) is 0 Å². The first-order valence-corrected chi connectivity index (χ1v) is 7.73. The van der Waals surface area contributed by atoms with Crippen LogP contribution < -0.4 is 10.6 Å². The fourth-order valence-electron chi connectivity index (χ4n) is 1.48. The molecule has 0 atom stereocenters. The topological polar surface area (TPSA) is 49.8 Å². The zero-order valence-corrected chi connectivity index (χ0v) is 13.9. The van der Waals surface area contributed by atoms with E-state index >= 15 is 0 Å². The Balaban J connectivity index is 2.14. The molecule has 4 nitrogen and oxygen atoms in total. The second-order valence-electron chi connectivity index (χ2n) is 5.33. The summed E-state index contributed by atoms with van der Waals surface area (Å²) in [6.07, 6.45) is 3.25. The quantitative estimate of drug-likeness (QED) is 0.864. The molecule has 7 heteroatoms. The molecule has 2 aromatic rings. The Kier molecular flexibility index (Phi) is 4.72. The lowest BCUT2D eigenvalue weighted by molar-refractivity contribution is 0.418. The summed E-state index contributed by atoms with van der Waals surface area (Å²) in [6.45, 7) is 6.57. The number of hydrogen-bond acceptors (Lipinski definition) is 5. The first-order valence-electron chi connectivity index (χ1n) is 6.12.